The molecule has 0 spiro atoms. The molecule has 1 aromatic heterocycles. The lowest BCUT2D eigenvalue weighted by Crippen LogP contribution is -2.18. The van der Waals surface area contributed by atoms with Gasteiger partial charge in [-0.05, 0) is 30.3 Å². The quantitative estimate of drug-likeness (QED) is 0.792. The summed E-state index contributed by atoms with van der Waals surface area (Å²) >= 11 is 5.79. The Balaban J connectivity index is 1.86. The van der Waals surface area contributed by atoms with E-state index in [0.29, 0.717) is 21.7 Å². The molecule has 0 aliphatic heterocycles. The summed E-state index contributed by atoms with van der Waals surface area (Å²) in [4.78, 5) is 23.6. The number of hydrogen-bond acceptors (Lipinski definition) is 3. The number of aromatic carboxylic acids is 1. The molecule has 5 nitrogen and oxygen atoms in total. The maximum absolute atomic E-state index is 12.4. The zero-order chi connectivity index (χ0) is 16.4. The van der Waals surface area contributed by atoms with Crippen molar-refractivity contribution in [3.8, 4) is 5.75 Å². The second kappa shape index (κ2) is 6.14. The monoisotopic (exact) mass is 329 g/mol. The highest BCUT2D eigenvalue weighted by Gasteiger charge is 2.17. The summed E-state index contributed by atoms with van der Waals surface area (Å²) in [6, 6.07) is 13.5. The zero-order valence-corrected chi connectivity index (χ0v) is 12.7. The fourth-order valence-corrected chi connectivity index (χ4v) is 2.43. The number of halogens is 1. The van der Waals surface area contributed by atoms with Crippen LogP contribution >= 0.6 is 11.6 Å². The van der Waals surface area contributed by atoms with E-state index in [1.54, 1.807) is 48.5 Å². The van der Waals surface area contributed by atoms with Crippen molar-refractivity contribution in [2.75, 3.05) is 6.61 Å². The lowest BCUT2D eigenvalue weighted by molar-refractivity contribution is 0.0699. The van der Waals surface area contributed by atoms with Crippen LogP contribution in [0, 0.1) is 0 Å². The van der Waals surface area contributed by atoms with Crippen LogP contribution in [0.3, 0.4) is 0 Å². The van der Waals surface area contributed by atoms with Gasteiger partial charge in [-0.2, -0.15) is 0 Å². The number of ether oxygens (including phenoxy) is 1. The van der Waals surface area contributed by atoms with E-state index >= 15 is 0 Å². The van der Waals surface area contributed by atoms with Gasteiger partial charge in [0.15, 0.2) is 6.61 Å². The van der Waals surface area contributed by atoms with Gasteiger partial charge in [-0.1, -0.05) is 29.8 Å². The summed E-state index contributed by atoms with van der Waals surface area (Å²) < 4.78 is 6.72. The lowest BCUT2D eigenvalue weighted by Gasteiger charge is -2.07. The molecule has 0 fully saturated rings. The molecule has 1 N–H and O–H groups in total. The largest absolute Gasteiger partial charge is 0.484 e. The number of benzene rings is 2. The van der Waals surface area contributed by atoms with Gasteiger partial charge >= 0.3 is 5.97 Å². The first-order valence-electron chi connectivity index (χ1n) is 6.81. The van der Waals surface area contributed by atoms with Crippen LogP contribution in [0.5, 0.6) is 5.75 Å². The molecule has 1 heterocycles. The molecule has 0 saturated heterocycles. The van der Waals surface area contributed by atoms with Gasteiger partial charge in [0.1, 0.15) is 5.75 Å². The second-order valence-electron chi connectivity index (χ2n) is 4.87. The summed E-state index contributed by atoms with van der Waals surface area (Å²) in [5, 5.41) is 10.3. The van der Waals surface area contributed by atoms with Crippen molar-refractivity contribution in [2.24, 2.45) is 0 Å². The van der Waals surface area contributed by atoms with Crippen molar-refractivity contribution in [1.82, 2.24) is 4.57 Å². The summed E-state index contributed by atoms with van der Waals surface area (Å²) in [7, 11) is 0. The SMILES string of the molecule is O=C(O)c1cn(C(=O)COc2ccc(Cl)cc2)c2ccccc12. The first kappa shape index (κ1) is 15.1. The minimum atomic E-state index is -1.08. The maximum Gasteiger partial charge on any atom is 0.337 e. The molecule has 0 amide bonds. The van der Waals surface area contributed by atoms with Crippen molar-refractivity contribution >= 4 is 34.4 Å². The van der Waals surface area contributed by atoms with E-state index in [-0.39, 0.29) is 18.1 Å². The van der Waals surface area contributed by atoms with Crippen LogP contribution in [-0.2, 0) is 0 Å². The zero-order valence-electron chi connectivity index (χ0n) is 11.9. The molecule has 116 valence electrons. The molecule has 0 bridgehead atoms. The Kier molecular flexibility index (Phi) is 4.04. The highest BCUT2D eigenvalue weighted by atomic mass is 35.5. The molecule has 0 aliphatic rings. The van der Waals surface area contributed by atoms with E-state index in [1.165, 1.54) is 10.8 Å². The van der Waals surface area contributed by atoms with Gasteiger partial charge in [-0.25, -0.2) is 4.79 Å². The molecule has 6 heteroatoms. The summed E-state index contributed by atoms with van der Waals surface area (Å²) in [5.41, 5.74) is 0.620. The standard InChI is InChI=1S/C17H12ClNO4/c18-11-5-7-12(8-6-11)23-10-16(20)19-9-14(17(21)22)13-3-1-2-4-15(13)19/h1-9H,10H2,(H,21,22). The Bertz CT molecular complexity index is 883. The molecule has 3 aromatic rings. The van der Waals surface area contributed by atoms with Crippen LogP contribution in [0.15, 0.2) is 54.7 Å². The Morgan fingerprint density at radius 1 is 1.09 bits per heavy atom. The molecule has 0 aliphatic carbocycles. The van der Waals surface area contributed by atoms with Gasteiger partial charge in [0.25, 0.3) is 5.91 Å². The normalized spacial score (nSPS) is 10.7. The summed E-state index contributed by atoms with van der Waals surface area (Å²) in [5.74, 6) is -0.923. The Labute approximate surface area is 136 Å². The Morgan fingerprint density at radius 3 is 2.48 bits per heavy atom. The topological polar surface area (TPSA) is 68.5 Å². The van der Waals surface area contributed by atoms with Crippen LogP contribution in [0.25, 0.3) is 10.9 Å². The molecule has 0 atom stereocenters. The van der Waals surface area contributed by atoms with E-state index in [2.05, 4.69) is 0 Å². The molecule has 23 heavy (non-hydrogen) atoms. The number of aromatic nitrogens is 1. The highest BCUT2D eigenvalue weighted by molar-refractivity contribution is 6.30. The molecule has 0 saturated carbocycles. The predicted octanol–water partition coefficient (Wildman–Crippen LogP) is 3.71. The number of carbonyl (C=O) groups is 2. The van der Waals surface area contributed by atoms with Crippen LogP contribution < -0.4 is 4.74 Å². The number of rotatable bonds is 4. The molecule has 0 radical (unpaired) electrons. The molecule has 3 rings (SSSR count). The molecular formula is C17H12ClNO4. The van der Waals surface area contributed by atoms with Crippen molar-refractivity contribution in [3.05, 3.63) is 65.3 Å². The molecule has 2 aromatic carbocycles. The van der Waals surface area contributed by atoms with E-state index in [0.717, 1.165) is 0 Å². The fraction of sp³-hybridized carbons (Fsp3) is 0.0588. The van der Waals surface area contributed by atoms with E-state index in [9.17, 15) is 14.7 Å². The van der Waals surface area contributed by atoms with Gasteiger partial charge in [0.05, 0.1) is 11.1 Å². The Hall–Kier alpha value is -2.79. The van der Waals surface area contributed by atoms with E-state index in [1.807, 2.05) is 0 Å². The van der Waals surface area contributed by atoms with Gasteiger partial charge < -0.3 is 9.84 Å². The van der Waals surface area contributed by atoms with Crippen molar-refractivity contribution in [3.63, 3.8) is 0 Å². The van der Waals surface area contributed by atoms with Gasteiger partial charge in [0.2, 0.25) is 0 Å². The van der Waals surface area contributed by atoms with Crippen molar-refractivity contribution in [2.45, 2.75) is 0 Å². The average Bonchev–Trinajstić information content (AvgIpc) is 2.94. The average molecular weight is 330 g/mol. The van der Waals surface area contributed by atoms with Crippen LogP contribution in [-0.4, -0.2) is 28.2 Å². The first-order chi connectivity index (χ1) is 11.1. The van der Waals surface area contributed by atoms with Gasteiger partial charge in [-0.3, -0.25) is 9.36 Å². The number of fused-ring (bicyclic) bond motifs is 1. The lowest BCUT2D eigenvalue weighted by atomic mass is 10.2. The highest BCUT2D eigenvalue weighted by Crippen LogP contribution is 2.21. The molecular weight excluding hydrogens is 318 g/mol. The number of carbonyl (C=O) groups excluding carboxylic acids is 1. The number of hydrogen-bond donors (Lipinski definition) is 1. The third-order valence-electron chi connectivity index (χ3n) is 3.39. The minimum Gasteiger partial charge on any atom is -0.484 e. The number of carboxylic acids is 1. The van der Waals surface area contributed by atoms with Crippen LogP contribution in [0.1, 0.15) is 15.2 Å². The summed E-state index contributed by atoms with van der Waals surface area (Å²) in [6.07, 6.45) is 1.32. The minimum absolute atomic E-state index is 0.0837. The summed E-state index contributed by atoms with van der Waals surface area (Å²) in [6.45, 7) is -0.209. The smallest absolute Gasteiger partial charge is 0.337 e. The van der Waals surface area contributed by atoms with Crippen molar-refractivity contribution < 1.29 is 19.4 Å². The predicted molar refractivity (Wildman–Crippen MR) is 86.5 cm³/mol. The van der Waals surface area contributed by atoms with Crippen molar-refractivity contribution in [1.29, 1.82) is 0 Å². The first-order valence-corrected chi connectivity index (χ1v) is 7.19. The second-order valence-corrected chi connectivity index (χ2v) is 5.31. The molecule has 0 unspecified atom stereocenters. The fourth-order valence-electron chi connectivity index (χ4n) is 2.30. The van der Waals surface area contributed by atoms with Gasteiger partial charge in [0, 0.05) is 16.6 Å². The maximum atomic E-state index is 12.4. The van der Waals surface area contributed by atoms with Crippen LogP contribution in [0.4, 0.5) is 0 Å². The Morgan fingerprint density at radius 2 is 1.78 bits per heavy atom. The third kappa shape index (κ3) is 3.05. The van der Waals surface area contributed by atoms with Gasteiger partial charge in [-0.15, -0.1) is 0 Å². The number of para-hydroxylation sites is 1. The van der Waals surface area contributed by atoms with E-state index in [4.69, 9.17) is 16.3 Å². The van der Waals surface area contributed by atoms with Crippen LogP contribution in [0.2, 0.25) is 5.02 Å². The number of nitrogens with zero attached hydrogens (tertiary/aromatic N) is 1. The number of carboxylic acid groups (broad SMARTS) is 1. The van der Waals surface area contributed by atoms with E-state index < -0.39 is 5.97 Å². The third-order valence-corrected chi connectivity index (χ3v) is 3.64.